The van der Waals surface area contributed by atoms with Gasteiger partial charge in [0.05, 0.1) is 0 Å². The van der Waals surface area contributed by atoms with Gasteiger partial charge in [0.1, 0.15) is 0 Å². The predicted octanol–water partition coefficient (Wildman–Crippen LogP) is 11.3. The maximum Gasteiger partial charge on any atom is 0.162 e. The molecule has 0 aliphatic heterocycles. The van der Waals surface area contributed by atoms with Crippen molar-refractivity contribution in [1.29, 1.82) is 0 Å². The lowest BCUT2D eigenvalue weighted by atomic mass is 9.64. The van der Waals surface area contributed by atoms with E-state index in [-0.39, 0.29) is 5.92 Å². The minimum absolute atomic E-state index is 0.206. The summed E-state index contributed by atoms with van der Waals surface area (Å²) in [4.78, 5) is 0. The van der Waals surface area contributed by atoms with E-state index in [9.17, 15) is 4.39 Å². The molecule has 0 spiro atoms. The van der Waals surface area contributed by atoms with E-state index in [1.54, 1.807) is 0 Å². The molecule has 37 heavy (non-hydrogen) atoms. The van der Waals surface area contributed by atoms with Crippen molar-refractivity contribution < 1.29 is 8.78 Å². The van der Waals surface area contributed by atoms with E-state index in [1.807, 2.05) is 12.1 Å². The third-order valence-corrected chi connectivity index (χ3v) is 10.8. The van der Waals surface area contributed by atoms with Crippen LogP contribution in [0.1, 0.15) is 146 Å². The fourth-order valence-electron chi connectivity index (χ4n) is 8.32. The summed E-state index contributed by atoms with van der Waals surface area (Å²) >= 11 is 0. The Balaban J connectivity index is 1.19. The molecule has 0 nitrogen and oxygen atoms in total. The van der Waals surface area contributed by atoms with Gasteiger partial charge in [-0.05, 0) is 137 Å². The van der Waals surface area contributed by atoms with E-state index in [2.05, 4.69) is 19.6 Å². The van der Waals surface area contributed by atoms with Crippen LogP contribution in [0, 0.1) is 41.2 Å². The van der Waals surface area contributed by atoms with Gasteiger partial charge >= 0.3 is 0 Å². The minimum Gasteiger partial charge on any atom is -0.203 e. The molecular weight excluding hydrogens is 458 g/mol. The van der Waals surface area contributed by atoms with Crippen LogP contribution in [0.4, 0.5) is 8.78 Å². The first kappa shape index (κ1) is 28.8. The van der Waals surface area contributed by atoms with Gasteiger partial charge in [0, 0.05) is 0 Å². The molecule has 0 radical (unpaired) electrons. The van der Waals surface area contributed by atoms with Gasteiger partial charge < -0.3 is 0 Å². The van der Waals surface area contributed by atoms with E-state index in [0.717, 1.165) is 55.3 Å². The molecule has 0 unspecified atom stereocenters. The summed E-state index contributed by atoms with van der Waals surface area (Å²) in [6, 6.07) is 3.80. The van der Waals surface area contributed by atoms with Crippen LogP contribution in [0.15, 0.2) is 24.8 Å². The number of hydrogen-bond acceptors (Lipinski definition) is 0. The van der Waals surface area contributed by atoms with Gasteiger partial charge in [-0.15, -0.1) is 6.58 Å². The van der Waals surface area contributed by atoms with Crippen LogP contribution < -0.4 is 0 Å². The molecule has 3 aliphatic rings. The molecule has 0 aromatic heterocycles. The zero-order chi connectivity index (χ0) is 26.0. The second-order valence-electron chi connectivity index (χ2n) is 13.0. The van der Waals surface area contributed by atoms with Crippen LogP contribution in [-0.4, -0.2) is 0 Å². The molecule has 1 aromatic carbocycles. The first-order valence-corrected chi connectivity index (χ1v) is 16.2. The van der Waals surface area contributed by atoms with E-state index in [0.29, 0.717) is 17.5 Å². The van der Waals surface area contributed by atoms with Gasteiger partial charge in [-0.25, -0.2) is 8.78 Å². The monoisotopic (exact) mass is 512 g/mol. The molecule has 3 saturated carbocycles. The number of aryl methyl sites for hydroxylation is 1. The topological polar surface area (TPSA) is 0 Å². The highest BCUT2D eigenvalue weighted by Crippen LogP contribution is 2.47. The second-order valence-corrected chi connectivity index (χ2v) is 13.0. The molecule has 0 amide bonds. The van der Waals surface area contributed by atoms with Crippen molar-refractivity contribution in [3.05, 3.63) is 47.5 Å². The van der Waals surface area contributed by atoms with Crippen molar-refractivity contribution in [3.8, 4) is 0 Å². The Morgan fingerprint density at radius 2 is 1.24 bits per heavy atom. The van der Waals surface area contributed by atoms with Crippen LogP contribution in [0.2, 0.25) is 0 Å². The van der Waals surface area contributed by atoms with Gasteiger partial charge in [-0.3, -0.25) is 0 Å². The van der Waals surface area contributed by atoms with Crippen molar-refractivity contribution in [2.24, 2.45) is 29.6 Å². The Morgan fingerprint density at radius 1 is 0.703 bits per heavy atom. The number of unbranched alkanes of at least 4 members (excludes halogenated alkanes) is 4. The smallest absolute Gasteiger partial charge is 0.162 e. The average Bonchev–Trinajstić information content (AvgIpc) is 2.94. The highest BCUT2D eigenvalue weighted by atomic mass is 19.2. The van der Waals surface area contributed by atoms with E-state index >= 15 is 4.39 Å². The maximum atomic E-state index is 15.1. The number of rotatable bonds is 12. The number of hydrogen-bond donors (Lipinski definition) is 0. The number of halogens is 2. The predicted molar refractivity (Wildman–Crippen MR) is 154 cm³/mol. The molecule has 0 saturated heterocycles. The Morgan fingerprint density at radius 3 is 1.81 bits per heavy atom. The zero-order valence-corrected chi connectivity index (χ0v) is 23.8. The normalized spacial score (nSPS) is 30.8. The average molecular weight is 513 g/mol. The number of allylic oxidation sites excluding steroid dienone is 1. The van der Waals surface area contributed by atoms with Crippen molar-refractivity contribution in [3.63, 3.8) is 0 Å². The summed E-state index contributed by atoms with van der Waals surface area (Å²) in [5, 5.41) is 0. The summed E-state index contributed by atoms with van der Waals surface area (Å²) in [6.07, 6.45) is 27.0. The molecule has 3 fully saturated rings. The molecule has 4 rings (SSSR count). The first-order chi connectivity index (χ1) is 18.1. The van der Waals surface area contributed by atoms with Crippen molar-refractivity contribution in [1.82, 2.24) is 0 Å². The lowest BCUT2D eigenvalue weighted by molar-refractivity contribution is 0.109. The van der Waals surface area contributed by atoms with E-state index in [4.69, 9.17) is 0 Å². The Kier molecular flexibility index (Phi) is 11.6. The van der Waals surface area contributed by atoms with Crippen LogP contribution in [0.5, 0.6) is 0 Å². The number of benzene rings is 1. The van der Waals surface area contributed by atoms with Crippen LogP contribution in [0.25, 0.3) is 0 Å². The zero-order valence-electron chi connectivity index (χ0n) is 23.8. The molecule has 0 N–H and O–H groups in total. The Labute approximate surface area is 227 Å². The SMILES string of the molecule is C=CCCC1CCC(C2CCC(C3CCC(c4ccc(CCCCCCC)c(F)c4F)CC3)CC2)CC1. The molecule has 0 bridgehead atoms. The summed E-state index contributed by atoms with van der Waals surface area (Å²) in [7, 11) is 0. The molecule has 3 aliphatic carbocycles. The molecule has 2 heteroatoms. The second kappa shape index (κ2) is 14.8. The van der Waals surface area contributed by atoms with Crippen molar-refractivity contribution in [2.45, 2.75) is 141 Å². The molecule has 0 heterocycles. The van der Waals surface area contributed by atoms with Gasteiger partial charge in [0.2, 0.25) is 0 Å². The summed E-state index contributed by atoms with van der Waals surface area (Å²) in [5.41, 5.74) is 1.23. The summed E-state index contributed by atoms with van der Waals surface area (Å²) in [6.45, 7) is 6.09. The van der Waals surface area contributed by atoms with Crippen LogP contribution in [0.3, 0.4) is 0 Å². The fourth-order valence-corrected chi connectivity index (χ4v) is 8.32. The third-order valence-electron chi connectivity index (χ3n) is 10.8. The first-order valence-electron chi connectivity index (χ1n) is 16.2. The van der Waals surface area contributed by atoms with Gasteiger partial charge in [-0.2, -0.15) is 0 Å². The van der Waals surface area contributed by atoms with E-state index in [1.165, 1.54) is 96.3 Å². The third kappa shape index (κ3) is 7.92. The standard InChI is InChI=1S/C35H54F2/c1-3-5-7-8-9-11-32-24-25-33(35(37)34(32)36)31-22-20-30(21-23-31)29-18-16-28(17-19-29)27-14-12-26(13-15-27)10-6-4-2/h4,24-31H,2-3,5-23H2,1H3. The Hall–Kier alpha value is -1.18. The highest BCUT2D eigenvalue weighted by Gasteiger charge is 2.35. The summed E-state index contributed by atoms with van der Waals surface area (Å²) in [5.74, 6) is 3.67. The fraction of sp³-hybridized carbons (Fsp3) is 0.771. The van der Waals surface area contributed by atoms with Gasteiger partial charge in [0.25, 0.3) is 0 Å². The highest BCUT2D eigenvalue weighted by molar-refractivity contribution is 5.29. The molecule has 1 aromatic rings. The lowest BCUT2D eigenvalue weighted by Gasteiger charge is -2.41. The molecule has 208 valence electrons. The lowest BCUT2D eigenvalue weighted by Crippen LogP contribution is -2.29. The van der Waals surface area contributed by atoms with Crippen molar-refractivity contribution in [2.75, 3.05) is 0 Å². The van der Waals surface area contributed by atoms with Crippen molar-refractivity contribution >= 4 is 0 Å². The van der Waals surface area contributed by atoms with E-state index < -0.39 is 11.6 Å². The minimum atomic E-state index is -0.567. The van der Waals surface area contributed by atoms with Gasteiger partial charge in [-0.1, -0.05) is 63.7 Å². The summed E-state index contributed by atoms with van der Waals surface area (Å²) < 4.78 is 29.9. The largest absolute Gasteiger partial charge is 0.203 e. The Bertz CT molecular complexity index is 805. The van der Waals surface area contributed by atoms with Crippen LogP contribution >= 0.6 is 0 Å². The molecular formula is C35H54F2. The quantitative estimate of drug-likeness (QED) is 0.193. The maximum absolute atomic E-state index is 15.1. The van der Waals surface area contributed by atoms with Crippen LogP contribution in [-0.2, 0) is 6.42 Å². The van der Waals surface area contributed by atoms with Gasteiger partial charge in [0.15, 0.2) is 11.6 Å². The molecule has 0 atom stereocenters.